The highest BCUT2D eigenvalue weighted by Gasteiger charge is 2.40. The SMILES string of the molecule is CS/C(NCc1ccc(-n2cncn2)cc1)=C1/C(=N)N(CC(C)(C)C)C(=O)N(C)C1=O. The Morgan fingerprint density at radius 2 is 1.87 bits per heavy atom. The Morgan fingerprint density at radius 3 is 2.42 bits per heavy atom. The van der Waals surface area contributed by atoms with Crippen molar-refractivity contribution in [3.63, 3.8) is 0 Å². The summed E-state index contributed by atoms with van der Waals surface area (Å²) in [6.07, 6.45) is 4.95. The minimum absolute atomic E-state index is 0.0681. The van der Waals surface area contributed by atoms with Gasteiger partial charge >= 0.3 is 6.03 Å². The number of amides is 3. The maximum atomic E-state index is 12.9. The molecular weight excluding hydrogens is 414 g/mol. The normalized spacial score (nSPS) is 16.7. The van der Waals surface area contributed by atoms with Gasteiger partial charge in [0.2, 0.25) is 0 Å². The van der Waals surface area contributed by atoms with E-state index in [9.17, 15) is 9.59 Å². The highest BCUT2D eigenvalue weighted by Crippen LogP contribution is 2.27. The summed E-state index contributed by atoms with van der Waals surface area (Å²) < 4.78 is 1.67. The molecule has 10 heteroatoms. The van der Waals surface area contributed by atoms with Gasteiger partial charge in [-0.25, -0.2) is 14.5 Å². The summed E-state index contributed by atoms with van der Waals surface area (Å²) in [5.41, 5.74) is 1.89. The number of nitrogens with zero attached hydrogens (tertiary/aromatic N) is 5. The van der Waals surface area contributed by atoms with Gasteiger partial charge in [-0.15, -0.1) is 11.8 Å². The predicted molar refractivity (Wildman–Crippen MR) is 121 cm³/mol. The van der Waals surface area contributed by atoms with Crippen molar-refractivity contribution >= 4 is 29.5 Å². The number of amidine groups is 1. The smallest absolute Gasteiger partial charge is 0.332 e. The Morgan fingerprint density at radius 1 is 1.19 bits per heavy atom. The number of urea groups is 1. The predicted octanol–water partition coefficient (Wildman–Crippen LogP) is 2.85. The third-order valence-corrected chi connectivity index (χ3v) is 5.44. The van der Waals surface area contributed by atoms with Crippen molar-refractivity contribution in [2.24, 2.45) is 5.41 Å². The van der Waals surface area contributed by atoms with Crippen molar-refractivity contribution in [2.75, 3.05) is 19.8 Å². The van der Waals surface area contributed by atoms with Crippen molar-refractivity contribution in [1.82, 2.24) is 29.9 Å². The van der Waals surface area contributed by atoms with Crippen LogP contribution in [0.5, 0.6) is 0 Å². The zero-order valence-electron chi connectivity index (χ0n) is 18.3. The summed E-state index contributed by atoms with van der Waals surface area (Å²) >= 11 is 1.35. The molecule has 164 valence electrons. The van der Waals surface area contributed by atoms with E-state index >= 15 is 0 Å². The number of benzene rings is 1. The van der Waals surface area contributed by atoms with Crippen LogP contribution in [-0.4, -0.2) is 62.2 Å². The Kier molecular flexibility index (Phi) is 6.49. The maximum absolute atomic E-state index is 12.9. The molecule has 0 atom stereocenters. The number of nitrogens with one attached hydrogen (secondary N) is 2. The number of hydrogen-bond acceptors (Lipinski definition) is 7. The first kappa shape index (κ1) is 22.5. The number of imide groups is 1. The fourth-order valence-electron chi connectivity index (χ4n) is 3.15. The minimum atomic E-state index is -0.474. The van der Waals surface area contributed by atoms with Crippen molar-refractivity contribution in [3.05, 3.63) is 53.1 Å². The zero-order valence-corrected chi connectivity index (χ0v) is 19.2. The fraction of sp³-hybridized carbons (Fsp3) is 0.381. The number of hydrogen-bond donors (Lipinski definition) is 2. The van der Waals surface area contributed by atoms with E-state index in [1.54, 1.807) is 11.0 Å². The molecule has 0 bridgehead atoms. The molecule has 31 heavy (non-hydrogen) atoms. The van der Waals surface area contributed by atoms with E-state index < -0.39 is 11.9 Å². The second-order valence-corrected chi connectivity index (χ2v) is 9.23. The highest BCUT2D eigenvalue weighted by atomic mass is 32.2. The van der Waals surface area contributed by atoms with Gasteiger partial charge < -0.3 is 5.32 Å². The van der Waals surface area contributed by atoms with E-state index in [-0.39, 0.29) is 16.8 Å². The van der Waals surface area contributed by atoms with Crippen molar-refractivity contribution < 1.29 is 9.59 Å². The molecule has 1 aromatic heterocycles. The van der Waals surface area contributed by atoms with Crippen LogP contribution in [0.2, 0.25) is 0 Å². The molecule has 0 spiro atoms. The molecule has 2 N–H and O–H groups in total. The first-order valence-electron chi connectivity index (χ1n) is 9.77. The van der Waals surface area contributed by atoms with Crippen molar-refractivity contribution in [1.29, 1.82) is 5.41 Å². The number of likely N-dealkylation sites (N-methyl/N-ethyl adjacent to an activating group) is 1. The summed E-state index contributed by atoms with van der Waals surface area (Å²) in [6.45, 7) is 6.78. The van der Waals surface area contributed by atoms with Gasteiger partial charge in [-0.05, 0) is 29.4 Å². The minimum Gasteiger partial charge on any atom is -0.375 e. The van der Waals surface area contributed by atoms with Crippen LogP contribution in [0.15, 0.2) is 47.5 Å². The van der Waals surface area contributed by atoms with Gasteiger partial charge in [0, 0.05) is 20.1 Å². The lowest BCUT2D eigenvalue weighted by Gasteiger charge is -2.37. The molecule has 3 amide bonds. The largest absolute Gasteiger partial charge is 0.375 e. The Bertz CT molecular complexity index is 1010. The lowest BCUT2D eigenvalue weighted by molar-refractivity contribution is -0.123. The van der Waals surface area contributed by atoms with Crippen LogP contribution in [0.25, 0.3) is 5.69 Å². The van der Waals surface area contributed by atoms with E-state index in [1.807, 2.05) is 51.3 Å². The van der Waals surface area contributed by atoms with Gasteiger partial charge in [0.05, 0.1) is 10.7 Å². The molecule has 1 aliphatic rings. The molecule has 0 saturated carbocycles. The summed E-state index contributed by atoms with van der Waals surface area (Å²) in [7, 11) is 1.45. The number of aromatic nitrogens is 3. The first-order chi connectivity index (χ1) is 14.6. The van der Waals surface area contributed by atoms with E-state index in [2.05, 4.69) is 15.4 Å². The van der Waals surface area contributed by atoms with Gasteiger partial charge in [-0.3, -0.25) is 20.0 Å². The van der Waals surface area contributed by atoms with Crippen LogP contribution < -0.4 is 5.32 Å². The second-order valence-electron chi connectivity index (χ2n) is 8.41. The van der Waals surface area contributed by atoms with Gasteiger partial charge in [-0.2, -0.15) is 5.10 Å². The van der Waals surface area contributed by atoms with Gasteiger partial charge in [-0.1, -0.05) is 32.9 Å². The maximum Gasteiger partial charge on any atom is 0.332 e. The molecule has 0 radical (unpaired) electrons. The molecule has 1 saturated heterocycles. The second kappa shape index (κ2) is 8.93. The van der Waals surface area contributed by atoms with E-state index in [1.165, 1.54) is 30.0 Å². The Hall–Kier alpha value is -3.14. The topological polar surface area (TPSA) is 107 Å². The first-order valence-corrected chi connectivity index (χ1v) is 11.0. The number of thioether (sulfide) groups is 1. The van der Waals surface area contributed by atoms with Crippen molar-refractivity contribution in [2.45, 2.75) is 27.3 Å². The average molecular weight is 442 g/mol. The molecule has 3 rings (SSSR count). The number of carbonyl (C=O) groups is 2. The third-order valence-electron chi connectivity index (χ3n) is 4.68. The van der Waals surface area contributed by atoms with Crippen LogP contribution in [0.3, 0.4) is 0 Å². The van der Waals surface area contributed by atoms with Crippen LogP contribution >= 0.6 is 11.8 Å². The Labute approximate surface area is 186 Å². The lowest BCUT2D eigenvalue weighted by Crippen LogP contribution is -2.57. The Balaban J connectivity index is 1.82. The number of carbonyl (C=O) groups excluding carboxylic acids is 2. The molecule has 2 heterocycles. The van der Waals surface area contributed by atoms with E-state index in [0.717, 1.165) is 16.2 Å². The fourth-order valence-corrected chi connectivity index (χ4v) is 3.75. The van der Waals surface area contributed by atoms with Gasteiger partial charge in [0.25, 0.3) is 5.91 Å². The quantitative estimate of drug-likeness (QED) is 0.668. The van der Waals surface area contributed by atoms with Crippen LogP contribution in [-0.2, 0) is 11.3 Å². The molecule has 1 aromatic carbocycles. The summed E-state index contributed by atoms with van der Waals surface area (Å²) in [5, 5.41) is 16.5. The highest BCUT2D eigenvalue weighted by molar-refractivity contribution is 8.02. The third kappa shape index (κ3) is 4.96. The number of rotatable bonds is 6. The molecule has 1 fully saturated rings. The molecule has 9 nitrogen and oxygen atoms in total. The van der Waals surface area contributed by atoms with E-state index in [0.29, 0.717) is 18.1 Å². The molecule has 0 aliphatic carbocycles. The monoisotopic (exact) mass is 441 g/mol. The summed E-state index contributed by atoms with van der Waals surface area (Å²) in [5.74, 6) is -0.542. The van der Waals surface area contributed by atoms with Crippen molar-refractivity contribution in [3.8, 4) is 5.69 Å². The van der Waals surface area contributed by atoms with Crippen LogP contribution in [0.4, 0.5) is 4.79 Å². The lowest BCUT2D eigenvalue weighted by atomic mass is 9.95. The average Bonchev–Trinajstić information content (AvgIpc) is 3.27. The molecule has 0 unspecified atom stereocenters. The molecule has 2 aromatic rings. The van der Waals surface area contributed by atoms with Crippen LogP contribution in [0, 0.1) is 10.8 Å². The van der Waals surface area contributed by atoms with Crippen LogP contribution in [0.1, 0.15) is 26.3 Å². The molecule has 1 aliphatic heterocycles. The molecular formula is C21H27N7O2S. The standard InChI is InChI=1S/C21H27N7O2S/c1-21(2,3)11-27-17(22)16(19(29)26(4)20(27)30)18(31-5)24-10-14-6-8-15(9-7-14)28-13-23-12-25-28/h6-9,12-13,22,24H,10-11H2,1-5H3/b18-16-,22-17?. The summed E-state index contributed by atoms with van der Waals surface area (Å²) in [6, 6.07) is 7.31. The van der Waals surface area contributed by atoms with Gasteiger partial charge in [0.15, 0.2) is 0 Å². The zero-order chi connectivity index (χ0) is 22.8. The van der Waals surface area contributed by atoms with E-state index in [4.69, 9.17) is 5.41 Å². The van der Waals surface area contributed by atoms with Gasteiger partial charge in [0.1, 0.15) is 24.1 Å². The summed E-state index contributed by atoms with van der Waals surface area (Å²) in [4.78, 5) is 31.9.